The Kier molecular flexibility index (Phi) is 5.42. The number of pyridine rings is 1. The van der Waals surface area contributed by atoms with Crippen LogP contribution in [0, 0.1) is 0 Å². The Balaban J connectivity index is 1.72. The first-order valence-corrected chi connectivity index (χ1v) is 11.1. The van der Waals surface area contributed by atoms with Gasteiger partial charge in [-0.25, -0.2) is 4.98 Å². The Bertz CT molecular complexity index is 1350. The van der Waals surface area contributed by atoms with Gasteiger partial charge in [-0.1, -0.05) is 30.3 Å². The largest absolute Gasteiger partial charge is 0.497 e. The molecular weight excluding hydrogens is 426 g/mol. The van der Waals surface area contributed by atoms with Gasteiger partial charge in [-0.15, -0.1) is 0 Å². The van der Waals surface area contributed by atoms with Gasteiger partial charge in [0.1, 0.15) is 11.3 Å². The first-order chi connectivity index (χ1) is 16.4. The van der Waals surface area contributed by atoms with Gasteiger partial charge in [-0.3, -0.25) is 9.78 Å². The summed E-state index contributed by atoms with van der Waals surface area (Å²) in [5, 5.41) is 0. The van der Waals surface area contributed by atoms with Crippen molar-refractivity contribution in [1.82, 2.24) is 14.5 Å². The lowest BCUT2D eigenvalue weighted by Gasteiger charge is -2.36. The second-order valence-corrected chi connectivity index (χ2v) is 8.70. The summed E-state index contributed by atoms with van der Waals surface area (Å²) in [7, 11) is 5.40. The van der Waals surface area contributed by atoms with E-state index in [0.29, 0.717) is 6.42 Å². The molecule has 172 valence electrons. The van der Waals surface area contributed by atoms with Crippen LogP contribution in [-0.4, -0.2) is 34.6 Å². The van der Waals surface area contributed by atoms with Crippen molar-refractivity contribution in [1.29, 1.82) is 0 Å². The maximum Gasteiger partial charge on any atom is 0.227 e. The number of aromatic nitrogens is 3. The first kappa shape index (κ1) is 21.9. The van der Waals surface area contributed by atoms with Crippen LogP contribution in [-0.2, 0) is 17.4 Å². The molecule has 0 saturated heterocycles. The minimum atomic E-state index is -0.979. The summed E-state index contributed by atoms with van der Waals surface area (Å²) in [6.45, 7) is 0. The molecule has 3 heterocycles. The van der Waals surface area contributed by atoms with Gasteiger partial charge in [-0.05, 0) is 41.0 Å². The molecule has 0 aliphatic carbocycles. The summed E-state index contributed by atoms with van der Waals surface area (Å²) in [6.07, 6.45) is 7.44. The fourth-order valence-corrected chi connectivity index (χ4v) is 4.89. The standard InChI is InChI=1S/C27H27N5O2/c1-31-17-30-16-25(31)27(28,20-7-5-11-29-15-20)19-9-10-24-23(13-19)22(14-26(33)32(24)2)18-6-4-8-21(12-18)34-3/h4-13,15-17,22H,14,28H2,1-3H3. The van der Waals surface area contributed by atoms with E-state index in [0.717, 1.165) is 39.4 Å². The number of anilines is 1. The number of carbonyl (C=O) groups excluding carboxylic acids is 1. The molecule has 34 heavy (non-hydrogen) atoms. The van der Waals surface area contributed by atoms with Crippen molar-refractivity contribution >= 4 is 11.6 Å². The number of methoxy groups -OCH3 is 1. The molecule has 0 bridgehead atoms. The first-order valence-electron chi connectivity index (χ1n) is 11.1. The lowest BCUT2D eigenvalue weighted by atomic mass is 9.77. The molecule has 1 aliphatic heterocycles. The number of amides is 1. The van der Waals surface area contributed by atoms with Crippen molar-refractivity contribution in [3.05, 3.63) is 107 Å². The number of benzene rings is 2. The maximum atomic E-state index is 12.9. The van der Waals surface area contributed by atoms with Crippen molar-refractivity contribution in [2.45, 2.75) is 17.9 Å². The predicted molar refractivity (Wildman–Crippen MR) is 131 cm³/mol. The molecule has 0 saturated carbocycles. The van der Waals surface area contributed by atoms with Crippen molar-refractivity contribution in [2.75, 3.05) is 19.1 Å². The summed E-state index contributed by atoms with van der Waals surface area (Å²) >= 11 is 0. The fraction of sp³-hybridized carbons (Fsp3) is 0.222. The summed E-state index contributed by atoms with van der Waals surface area (Å²) in [5.41, 5.74) is 11.8. The number of aryl methyl sites for hydroxylation is 1. The number of nitrogens with zero attached hydrogens (tertiary/aromatic N) is 4. The Morgan fingerprint density at radius 2 is 1.88 bits per heavy atom. The van der Waals surface area contributed by atoms with Crippen molar-refractivity contribution in [3.63, 3.8) is 0 Å². The quantitative estimate of drug-likeness (QED) is 0.499. The molecule has 2 aromatic carbocycles. The van der Waals surface area contributed by atoms with E-state index in [1.807, 2.05) is 67.2 Å². The zero-order valence-corrected chi connectivity index (χ0v) is 19.5. The van der Waals surface area contributed by atoms with Crippen LogP contribution in [0.2, 0.25) is 0 Å². The highest BCUT2D eigenvalue weighted by Crippen LogP contribution is 2.43. The van der Waals surface area contributed by atoms with E-state index in [4.69, 9.17) is 10.5 Å². The van der Waals surface area contributed by atoms with Gasteiger partial charge in [0, 0.05) is 50.1 Å². The van der Waals surface area contributed by atoms with Crippen molar-refractivity contribution in [3.8, 4) is 5.75 Å². The molecule has 0 spiro atoms. The van der Waals surface area contributed by atoms with Gasteiger partial charge in [0.25, 0.3) is 0 Å². The molecule has 7 nitrogen and oxygen atoms in total. The zero-order chi connectivity index (χ0) is 23.9. The highest BCUT2D eigenvalue weighted by molar-refractivity contribution is 5.97. The van der Waals surface area contributed by atoms with Crippen LogP contribution in [0.1, 0.15) is 40.3 Å². The third kappa shape index (κ3) is 3.45. The van der Waals surface area contributed by atoms with Crippen molar-refractivity contribution < 1.29 is 9.53 Å². The number of nitrogens with two attached hydrogens (primary N) is 1. The van der Waals surface area contributed by atoms with Crippen LogP contribution in [0.15, 0.2) is 79.5 Å². The normalized spacial score (nSPS) is 17.2. The fourth-order valence-electron chi connectivity index (χ4n) is 4.89. The van der Waals surface area contributed by atoms with Crippen LogP contribution < -0.4 is 15.4 Å². The van der Waals surface area contributed by atoms with Gasteiger partial charge in [0.05, 0.1) is 25.3 Å². The lowest BCUT2D eigenvalue weighted by molar-refractivity contribution is -0.118. The topological polar surface area (TPSA) is 86.3 Å². The molecule has 4 aromatic rings. The van der Waals surface area contributed by atoms with E-state index in [1.165, 1.54) is 0 Å². The van der Waals surface area contributed by atoms with Crippen LogP contribution in [0.5, 0.6) is 5.75 Å². The predicted octanol–water partition coefficient (Wildman–Crippen LogP) is 3.57. The molecule has 1 aliphatic rings. The average Bonchev–Trinajstić information content (AvgIpc) is 3.32. The van der Waals surface area contributed by atoms with Gasteiger partial charge in [-0.2, -0.15) is 0 Å². The number of hydrogen-bond acceptors (Lipinski definition) is 5. The highest BCUT2D eigenvalue weighted by atomic mass is 16.5. The van der Waals surface area contributed by atoms with Crippen molar-refractivity contribution in [2.24, 2.45) is 12.8 Å². The minimum absolute atomic E-state index is 0.0750. The number of hydrogen-bond donors (Lipinski definition) is 1. The Labute approximate surface area is 198 Å². The average molecular weight is 454 g/mol. The smallest absolute Gasteiger partial charge is 0.227 e. The number of rotatable bonds is 5. The second kappa shape index (κ2) is 8.43. The Hall–Kier alpha value is -3.97. The van der Waals surface area contributed by atoms with E-state index in [9.17, 15) is 4.79 Å². The van der Waals surface area contributed by atoms with Gasteiger partial charge in [0.2, 0.25) is 5.91 Å². The van der Waals surface area contributed by atoms with E-state index in [2.05, 4.69) is 16.0 Å². The van der Waals surface area contributed by atoms with E-state index >= 15 is 0 Å². The Morgan fingerprint density at radius 3 is 2.59 bits per heavy atom. The summed E-state index contributed by atoms with van der Waals surface area (Å²) in [5.74, 6) is 0.726. The molecule has 2 atom stereocenters. The third-order valence-corrected chi connectivity index (χ3v) is 6.81. The van der Waals surface area contributed by atoms with E-state index < -0.39 is 5.54 Å². The third-order valence-electron chi connectivity index (χ3n) is 6.81. The molecule has 7 heteroatoms. The Morgan fingerprint density at radius 1 is 1.03 bits per heavy atom. The monoisotopic (exact) mass is 453 g/mol. The number of ether oxygens (including phenoxy) is 1. The minimum Gasteiger partial charge on any atom is -0.497 e. The summed E-state index contributed by atoms with van der Waals surface area (Å²) in [4.78, 5) is 23.3. The highest BCUT2D eigenvalue weighted by Gasteiger charge is 2.38. The number of carbonyl (C=O) groups is 1. The van der Waals surface area contributed by atoms with E-state index in [1.54, 1.807) is 36.9 Å². The summed E-state index contributed by atoms with van der Waals surface area (Å²) < 4.78 is 7.38. The number of imidazole rings is 1. The summed E-state index contributed by atoms with van der Waals surface area (Å²) in [6, 6.07) is 17.9. The molecule has 1 amide bonds. The molecule has 0 fully saturated rings. The van der Waals surface area contributed by atoms with Crippen LogP contribution in [0.3, 0.4) is 0 Å². The number of fused-ring (bicyclic) bond motifs is 1. The van der Waals surface area contributed by atoms with Crippen LogP contribution >= 0.6 is 0 Å². The lowest BCUT2D eigenvalue weighted by Crippen LogP contribution is -2.41. The molecule has 0 radical (unpaired) electrons. The molecular formula is C27H27N5O2. The van der Waals surface area contributed by atoms with Crippen LogP contribution in [0.4, 0.5) is 5.69 Å². The van der Waals surface area contributed by atoms with Gasteiger partial charge < -0.3 is 19.9 Å². The van der Waals surface area contributed by atoms with Crippen LogP contribution in [0.25, 0.3) is 0 Å². The molecule has 2 N–H and O–H groups in total. The van der Waals surface area contributed by atoms with Gasteiger partial charge >= 0.3 is 0 Å². The zero-order valence-electron chi connectivity index (χ0n) is 19.5. The molecule has 2 unspecified atom stereocenters. The van der Waals surface area contributed by atoms with E-state index in [-0.39, 0.29) is 11.8 Å². The molecule has 2 aromatic heterocycles. The second-order valence-electron chi connectivity index (χ2n) is 8.70. The van der Waals surface area contributed by atoms with Gasteiger partial charge in [0.15, 0.2) is 0 Å². The maximum absolute atomic E-state index is 12.9. The SMILES string of the molecule is COc1cccc(C2CC(=O)N(C)c3ccc(C(N)(c4cccnc4)c4cncn4C)cc32)c1. The molecule has 5 rings (SSSR count).